The normalized spacial score (nSPS) is 29.2. The van der Waals surface area contributed by atoms with Crippen molar-refractivity contribution in [1.29, 1.82) is 0 Å². The summed E-state index contributed by atoms with van der Waals surface area (Å²) in [6.45, 7) is 11.7. The third-order valence-corrected chi connectivity index (χ3v) is 8.00. The Balaban J connectivity index is 2.59. The van der Waals surface area contributed by atoms with E-state index in [1.54, 1.807) is 0 Å². The molecule has 1 N–H and O–H groups in total. The number of aliphatic hydroxyl groups is 1. The van der Waals surface area contributed by atoms with Crippen molar-refractivity contribution in [2.45, 2.75) is 64.1 Å². The molecule has 0 aromatic carbocycles. The molecule has 0 radical (unpaired) electrons. The Morgan fingerprint density at radius 2 is 1.93 bits per heavy atom. The van der Waals surface area contributed by atoms with Gasteiger partial charge in [-0.2, -0.15) is 0 Å². The van der Waals surface area contributed by atoms with Crippen LogP contribution in [0, 0.1) is 0 Å². The van der Waals surface area contributed by atoms with Crippen molar-refractivity contribution in [3.8, 4) is 0 Å². The zero-order valence-corrected chi connectivity index (χ0v) is 11.5. The smallest absolute Gasteiger partial charge is 0.192 e. The van der Waals surface area contributed by atoms with Crippen LogP contribution in [-0.4, -0.2) is 32.4 Å². The third-order valence-electron chi connectivity index (χ3n) is 3.49. The van der Waals surface area contributed by atoms with Gasteiger partial charge in [0.1, 0.15) is 0 Å². The molecule has 1 aliphatic rings. The van der Waals surface area contributed by atoms with E-state index in [-0.39, 0.29) is 11.1 Å². The minimum Gasteiger partial charge on any atom is -0.409 e. The molecule has 4 heteroatoms. The number of aliphatic hydroxyl groups excluding tert-OH is 1. The van der Waals surface area contributed by atoms with Gasteiger partial charge in [0.05, 0.1) is 6.10 Å². The van der Waals surface area contributed by atoms with E-state index < -0.39 is 14.6 Å². The highest BCUT2D eigenvalue weighted by Crippen LogP contribution is 2.38. The molecule has 3 nitrogen and oxygen atoms in total. The van der Waals surface area contributed by atoms with Crippen LogP contribution in [0.25, 0.3) is 0 Å². The van der Waals surface area contributed by atoms with Crippen LogP contribution in [0.2, 0.25) is 18.1 Å². The van der Waals surface area contributed by atoms with Crippen LogP contribution in [0.15, 0.2) is 0 Å². The minimum atomic E-state index is -1.77. The summed E-state index contributed by atoms with van der Waals surface area (Å²) in [5.41, 5.74) is 0. The van der Waals surface area contributed by atoms with E-state index in [1.807, 2.05) is 0 Å². The van der Waals surface area contributed by atoms with Crippen LogP contribution >= 0.6 is 0 Å². The molecular formula is C11H24O3Si. The van der Waals surface area contributed by atoms with Gasteiger partial charge in [0.2, 0.25) is 0 Å². The zero-order valence-electron chi connectivity index (χ0n) is 10.5. The number of hydrogen-bond donors (Lipinski definition) is 1. The second-order valence-corrected chi connectivity index (χ2v) is 10.6. The molecular weight excluding hydrogens is 208 g/mol. The number of ether oxygens (including phenoxy) is 1. The van der Waals surface area contributed by atoms with Crippen LogP contribution in [0.3, 0.4) is 0 Å². The maximum atomic E-state index is 9.67. The topological polar surface area (TPSA) is 38.7 Å². The van der Waals surface area contributed by atoms with E-state index in [1.165, 1.54) is 0 Å². The van der Waals surface area contributed by atoms with Gasteiger partial charge in [0.15, 0.2) is 14.6 Å². The van der Waals surface area contributed by atoms with Gasteiger partial charge >= 0.3 is 0 Å². The average molecular weight is 232 g/mol. The van der Waals surface area contributed by atoms with Gasteiger partial charge in [-0.25, -0.2) is 0 Å². The fourth-order valence-corrected chi connectivity index (χ4v) is 2.76. The highest BCUT2D eigenvalue weighted by atomic mass is 28.4. The lowest BCUT2D eigenvalue weighted by Crippen LogP contribution is -2.48. The molecule has 0 aromatic rings. The second kappa shape index (κ2) is 4.53. The Hall–Kier alpha value is 0.0969. The van der Waals surface area contributed by atoms with Gasteiger partial charge in [0, 0.05) is 6.61 Å². The fraction of sp³-hybridized carbons (Fsp3) is 1.00. The van der Waals surface area contributed by atoms with Gasteiger partial charge in [-0.3, -0.25) is 0 Å². The van der Waals surface area contributed by atoms with Gasteiger partial charge in [-0.1, -0.05) is 20.8 Å². The monoisotopic (exact) mass is 232 g/mol. The molecule has 0 saturated carbocycles. The summed E-state index contributed by atoms with van der Waals surface area (Å²) in [6, 6.07) is 0. The van der Waals surface area contributed by atoms with Crippen molar-refractivity contribution in [3.05, 3.63) is 0 Å². The highest BCUT2D eigenvalue weighted by molar-refractivity contribution is 6.74. The fourth-order valence-electron chi connectivity index (χ4n) is 1.41. The lowest BCUT2D eigenvalue weighted by molar-refractivity contribution is -0.180. The molecule has 0 aliphatic carbocycles. The van der Waals surface area contributed by atoms with Crippen LogP contribution < -0.4 is 0 Å². The predicted molar refractivity (Wildman–Crippen MR) is 63.3 cm³/mol. The zero-order chi connectivity index (χ0) is 11.7. The molecule has 1 aliphatic heterocycles. The lowest BCUT2D eigenvalue weighted by atomic mass is 10.1. The van der Waals surface area contributed by atoms with E-state index in [2.05, 4.69) is 33.9 Å². The van der Waals surface area contributed by atoms with E-state index in [9.17, 15) is 5.11 Å². The average Bonchev–Trinajstić information content (AvgIpc) is 2.06. The van der Waals surface area contributed by atoms with Gasteiger partial charge in [-0.15, -0.1) is 0 Å². The molecule has 90 valence electrons. The van der Waals surface area contributed by atoms with E-state index >= 15 is 0 Å². The SMILES string of the molecule is CC(C)(C)[Si](C)(C)O[C@H]1CCCO[C@@H]1O. The first-order valence-electron chi connectivity index (χ1n) is 5.71. The molecule has 0 amide bonds. The van der Waals surface area contributed by atoms with Crippen molar-refractivity contribution in [2.24, 2.45) is 0 Å². The van der Waals surface area contributed by atoms with Crippen molar-refractivity contribution < 1.29 is 14.3 Å². The summed E-state index contributed by atoms with van der Waals surface area (Å²) in [5.74, 6) is 0. The Morgan fingerprint density at radius 1 is 1.33 bits per heavy atom. The molecule has 0 unspecified atom stereocenters. The van der Waals surface area contributed by atoms with Crippen molar-refractivity contribution in [3.63, 3.8) is 0 Å². The molecule has 2 atom stereocenters. The Bertz CT molecular complexity index is 210. The molecule has 15 heavy (non-hydrogen) atoms. The molecule has 1 heterocycles. The van der Waals surface area contributed by atoms with E-state index in [0.29, 0.717) is 6.61 Å². The maximum absolute atomic E-state index is 9.67. The van der Waals surface area contributed by atoms with E-state index in [0.717, 1.165) is 12.8 Å². The first kappa shape index (κ1) is 13.2. The van der Waals surface area contributed by atoms with Crippen LogP contribution in [0.5, 0.6) is 0 Å². The first-order valence-corrected chi connectivity index (χ1v) is 8.62. The lowest BCUT2D eigenvalue weighted by Gasteiger charge is -2.41. The number of rotatable bonds is 2. The number of hydrogen-bond acceptors (Lipinski definition) is 3. The van der Waals surface area contributed by atoms with Crippen LogP contribution in [0.1, 0.15) is 33.6 Å². The summed E-state index contributed by atoms with van der Waals surface area (Å²) in [4.78, 5) is 0. The summed E-state index contributed by atoms with van der Waals surface area (Å²) >= 11 is 0. The van der Waals surface area contributed by atoms with Gasteiger partial charge in [-0.05, 0) is 31.0 Å². The minimum absolute atomic E-state index is 0.125. The third kappa shape index (κ3) is 3.28. The summed E-state index contributed by atoms with van der Waals surface area (Å²) in [5, 5.41) is 9.86. The maximum Gasteiger partial charge on any atom is 0.192 e. The Labute approximate surface area is 93.9 Å². The second-order valence-electron chi connectivity index (χ2n) is 5.82. The van der Waals surface area contributed by atoms with Crippen molar-refractivity contribution in [2.75, 3.05) is 6.61 Å². The Kier molecular flexibility index (Phi) is 3.98. The van der Waals surface area contributed by atoms with Crippen LogP contribution in [0.4, 0.5) is 0 Å². The largest absolute Gasteiger partial charge is 0.409 e. The Morgan fingerprint density at radius 3 is 2.40 bits per heavy atom. The molecule has 0 aromatic heterocycles. The van der Waals surface area contributed by atoms with Crippen LogP contribution in [-0.2, 0) is 9.16 Å². The quantitative estimate of drug-likeness (QED) is 0.744. The first-order chi connectivity index (χ1) is 6.74. The molecule has 1 rings (SSSR count). The van der Waals surface area contributed by atoms with Gasteiger partial charge < -0.3 is 14.3 Å². The summed E-state index contributed by atoms with van der Waals surface area (Å²) < 4.78 is 11.3. The summed E-state index contributed by atoms with van der Waals surface area (Å²) in [7, 11) is -1.77. The standard InChI is InChI=1S/C11H24O3Si/c1-11(2,3)15(4,5)14-9-7-6-8-13-10(9)12/h9-10,12H,6-8H2,1-5H3/t9-,10-/m0/s1. The summed E-state index contributed by atoms with van der Waals surface area (Å²) in [6.07, 6.45) is 1.04. The molecule has 1 saturated heterocycles. The molecule has 1 fully saturated rings. The predicted octanol–water partition coefficient (Wildman–Crippen LogP) is 2.51. The van der Waals surface area contributed by atoms with Gasteiger partial charge in [0.25, 0.3) is 0 Å². The molecule has 0 bridgehead atoms. The van der Waals surface area contributed by atoms with Crippen molar-refractivity contribution >= 4 is 8.32 Å². The van der Waals surface area contributed by atoms with Crippen molar-refractivity contribution in [1.82, 2.24) is 0 Å². The van der Waals surface area contributed by atoms with E-state index in [4.69, 9.17) is 9.16 Å². The highest BCUT2D eigenvalue weighted by Gasteiger charge is 2.41. The molecule has 0 spiro atoms.